The van der Waals surface area contributed by atoms with E-state index in [1.54, 1.807) is 0 Å². The van der Waals surface area contributed by atoms with Gasteiger partial charge in [-0.1, -0.05) is 125 Å². The van der Waals surface area contributed by atoms with Gasteiger partial charge in [0, 0.05) is 6.42 Å². The van der Waals surface area contributed by atoms with Crippen LogP contribution in [0.3, 0.4) is 0 Å². The molecule has 0 bridgehead atoms. The lowest BCUT2D eigenvalue weighted by molar-refractivity contribution is -0.137. The summed E-state index contributed by atoms with van der Waals surface area (Å²) in [5, 5.41) is 8.52. The molecule has 0 saturated carbocycles. The SMILES string of the molecule is CC(C)CCCCCCCCCCCCCCC(=O)O.CCC(C)(C)C. The molecule has 0 aromatic rings. The van der Waals surface area contributed by atoms with Crippen LogP contribution in [-0.4, -0.2) is 11.1 Å². The first-order chi connectivity index (χ1) is 12.2. The quantitative estimate of drug-likeness (QED) is 0.293. The van der Waals surface area contributed by atoms with E-state index in [9.17, 15) is 4.79 Å². The van der Waals surface area contributed by atoms with Gasteiger partial charge in [-0.2, -0.15) is 0 Å². The van der Waals surface area contributed by atoms with Gasteiger partial charge in [-0.3, -0.25) is 4.79 Å². The Bertz CT molecular complexity index is 289. The summed E-state index contributed by atoms with van der Waals surface area (Å²) in [6.07, 6.45) is 18.6. The van der Waals surface area contributed by atoms with Crippen molar-refractivity contribution >= 4 is 5.97 Å². The van der Waals surface area contributed by atoms with E-state index in [0.717, 1.165) is 18.8 Å². The molecular formula is C24H50O2. The second kappa shape index (κ2) is 19.2. The van der Waals surface area contributed by atoms with Crippen molar-refractivity contribution in [2.24, 2.45) is 11.3 Å². The fourth-order valence-corrected chi connectivity index (χ4v) is 2.60. The normalized spacial score (nSPS) is 11.3. The summed E-state index contributed by atoms with van der Waals surface area (Å²) < 4.78 is 0. The van der Waals surface area contributed by atoms with Gasteiger partial charge in [0.2, 0.25) is 0 Å². The maximum absolute atomic E-state index is 10.3. The molecule has 0 aliphatic carbocycles. The van der Waals surface area contributed by atoms with Crippen molar-refractivity contribution in [2.45, 2.75) is 138 Å². The molecule has 0 aliphatic rings. The van der Waals surface area contributed by atoms with Crippen LogP contribution < -0.4 is 0 Å². The first kappa shape index (κ1) is 27.7. The van der Waals surface area contributed by atoms with Crippen LogP contribution in [0.4, 0.5) is 0 Å². The third kappa shape index (κ3) is 31.3. The van der Waals surface area contributed by atoms with Gasteiger partial charge in [0.05, 0.1) is 0 Å². The fourth-order valence-electron chi connectivity index (χ4n) is 2.60. The Hall–Kier alpha value is -0.530. The maximum atomic E-state index is 10.3. The second-order valence-electron chi connectivity index (χ2n) is 9.48. The molecule has 0 spiro atoms. The standard InChI is InChI=1S/C18H36O2.C6H14/c1-17(2)15-13-11-9-7-5-3-4-6-8-10-12-14-16-18(19)20;1-5-6(2,3)4/h17H,3-16H2,1-2H3,(H,19,20);5H2,1-4H3. The molecule has 0 atom stereocenters. The molecule has 2 nitrogen and oxygen atoms in total. The fraction of sp³-hybridized carbons (Fsp3) is 0.958. The maximum Gasteiger partial charge on any atom is 0.303 e. The molecular weight excluding hydrogens is 320 g/mol. The lowest BCUT2D eigenvalue weighted by Crippen LogP contribution is -2.00. The van der Waals surface area contributed by atoms with Crippen molar-refractivity contribution in [1.29, 1.82) is 0 Å². The monoisotopic (exact) mass is 370 g/mol. The molecule has 158 valence electrons. The number of hydrogen-bond donors (Lipinski definition) is 1. The second-order valence-corrected chi connectivity index (χ2v) is 9.48. The van der Waals surface area contributed by atoms with Crippen LogP contribution in [0.25, 0.3) is 0 Å². The van der Waals surface area contributed by atoms with Gasteiger partial charge in [-0.05, 0) is 17.8 Å². The molecule has 0 fully saturated rings. The van der Waals surface area contributed by atoms with E-state index >= 15 is 0 Å². The topological polar surface area (TPSA) is 37.3 Å². The molecule has 2 heteroatoms. The predicted molar refractivity (Wildman–Crippen MR) is 117 cm³/mol. The Balaban J connectivity index is 0. The highest BCUT2D eigenvalue weighted by Crippen LogP contribution is 2.16. The molecule has 1 N–H and O–H groups in total. The average Bonchev–Trinajstić information content (AvgIpc) is 2.54. The number of carboxylic acid groups (broad SMARTS) is 1. The van der Waals surface area contributed by atoms with Crippen LogP contribution in [0, 0.1) is 11.3 Å². The van der Waals surface area contributed by atoms with Gasteiger partial charge in [0.1, 0.15) is 0 Å². The first-order valence-corrected chi connectivity index (χ1v) is 11.4. The van der Waals surface area contributed by atoms with E-state index in [1.165, 1.54) is 77.0 Å². The number of rotatable bonds is 15. The zero-order valence-corrected chi connectivity index (χ0v) is 19.0. The van der Waals surface area contributed by atoms with Crippen LogP contribution >= 0.6 is 0 Å². The van der Waals surface area contributed by atoms with E-state index < -0.39 is 5.97 Å². The Labute approximate surface area is 165 Å². The number of aliphatic carboxylic acids is 1. The third-order valence-electron chi connectivity index (χ3n) is 4.98. The lowest BCUT2D eigenvalue weighted by atomic mass is 9.94. The molecule has 0 aromatic heterocycles. The Kier molecular flexibility index (Phi) is 20.5. The van der Waals surface area contributed by atoms with Crippen molar-refractivity contribution in [3.63, 3.8) is 0 Å². The number of hydrogen-bond acceptors (Lipinski definition) is 1. The van der Waals surface area contributed by atoms with E-state index in [4.69, 9.17) is 5.11 Å². The van der Waals surface area contributed by atoms with Gasteiger partial charge in [-0.25, -0.2) is 0 Å². The summed E-state index contributed by atoms with van der Waals surface area (Å²) in [6.45, 7) is 13.6. The minimum atomic E-state index is -0.654. The number of carbonyl (C=O) groups is 1. The molecule has 0 rings (SSSR count). The first-order valence-electron chi connectivity index (χ1n) is 11.4. The molecule has 0 aliphatic heterocycles. The molecule has 0 unspecified atom stereocenters. The number of unbranched alkanes of at least 4 members (excludes halogenated alkanes) is 11. The van der Waals surface area contributed by atoms with Crippen LogP contribution in [0.1, 0.15) is 138 Å². The van der Waals surface area contributed by atoms with Crippen molar-refractivity contribution < 1.29 is 9.90 Å². The highest BCUT2D eigenvalue weighted by Gasteiger charge is 2.03. The molecule has 0 amide bonds. The summed E-state index contributed by atoms with van der Waals surface area (Å²) >= 11 is 0. The number of carboxylic acids is 1. The zero-order chi connectivity index (χ0) is 20.3. The minimum absolute atomic E-state index is 0.344. The van der Waals surface area contributed by atoms with Crippen molar-refractivity contribution in [2.75, 3.05) is 0 Å². The van der Waals surface area contributed by atoms with Crippen LogP contribution in [0.2, 0.25) is 0 Å². The Morgan fingerprint density at radius 2 is 1.04 bits per heavy atom. The summed E-state index contributed by atoms with van der Waals surface area (Å²) in [4.78, 5) is 10.3. The molecule has 0 saturated heterocycles. The third-order valence-corrected chi connectivity index (χ3v) is 4.98. The minimum Gasteiger partial charge on any atom is -0.481 e. The molecule has 26 heavy (non-hydrogen) atoms. The van der Waals surface area contributed by atoms with Crippen molar-refractivity contribution in [1.82, 2.24) is 0 Å². The van der Waals surface area contributed by atoms with Gasteiger partial charge in [-0.15, -0.1) is 0 Å². The van der Waals surface area contributed by atoms with Gasteiger partial charge < -0.3 is 5.11 Å². The lowest BCUT2D eigenvalue weighted by Gasteiger charge is -2.12. The van der Waals surface area contributed by atoms with E-state index in [-0.39, 0.29) is 0 Å². The van der Waals surface area contributed by atoms with Crippen LogP contribution in [0.5, 0.6) is 0 Å². The van der Waals surface area contributed by atoms with E-state index in [2.05, 4.69) is 41.5 Å². The Morgan fingerprint density at radius 3 is 1.31 bits per heavy atom. The van der Waals surface area contributed by atoms with Crippen molar-refractivity contribution in [3.8, 4) is 0 Å². The largest absolute Gasteiger partial charge is 0.481 e. The van der Waals surface area contributed by atoms with Crippen LogP contribution in [-0.2, 0) is 4.79 Å². The smallest absolute Gasteiger partial charge is 0.303 e. The zero-order valence-electron chi connectivity index (χ0n) is 19.0. The van der Waals surface area contributed by atoms with Gasteiger partial charge in [0.15, 0.2) is 0 Å². The highest BCUT2D eigenvalue weighted by atomic mass is 16.4. The van der Waals surface area contributed by atoms with Gasteiger partial charge >= 0.3 is 5.97 Å². The summed E-state index contributed by atoms with van der Waals surface area (Å²) in [5.41, 5.74) is 0.542. The average molecular weight is 371 g/mol. The molecule has 0 radical (unpaired) electrons. The summed E-state index contributed by atoms with van der Waals surface area (Å²) in [6, 6.07) is 0. The van der Waals surface area contributed by atoms with E-state index in [1.807, 2.05) is 0 Å². The Morgan fingerprint density at radius 1 is 0.731 bits per heavy atom. The van der Waals surface area contributed by atoms with Crippen molar-refractivity contribution in [3.05, 3.63) is 0 Å². The highest BCUT2D eigenvalue weighted by molar-refractivity contribution is 5.66. The van der Waals surface area contributed by atoms with Crippen LogP contribution in [0.15, 0.2) is 0 Å². The molecule has 0 aromatic carbocycles. The van der Waals surface area contributed by atoms with Gasteiger partial charge in [0.25, 0.3) is 0 Å². The molecule has 0 heterocycles. The predicted octanol–water partition coefficient (Wildman–Crippen LogP) is 8.63. The summed E-state index contributed by atoms with van der Waals surface area (Å²) in [5.74, 6) is 0.212. The van der Waals surface area contributed by atoms with E-state index in [0.29, 0.717) is 11.8 Å². The summed E-state index contributed by atoms with van der Waals surface area (Å²) in [7, 11) is 0.